The maximum Gasteiger partial charge on any atom is 0.124 e. The number of hydrogen-bond donors (Lipinski definition) is 1. The van der Waals surface area contributed by atoms with Crippen molar-refractivity contribution in [3.63, 3.8) is 0 Å². The van der Waals surface area contributed by atoms with Gasteiger partial charge in [0.1, 0.15) is 5.75 Å². The summed E-state index contributed by atoms with van der Waals surface area (Å²) >= 11 is 0. The molecule has 4 heteroatoms. The van der Waals surface area contributed by atoms with Gasteiger partial charge in [-0.2, -0.15) is 0 Å². The van der Waals surface area contributed by atoms with Gasteiger partial charge in [0.05, 0.1) is 18.8 Å². The van der Waals surface area contributed by atoms with Crippen LogP contribution >= 0.6 is 0 Å². The molecular formula is C17H28N2O2. The highest BCUT2D eigenvalue weighted by Crippen LogP contribution is 2.31. The number of para-hydroxylation sites is 1. The molecule has 2 atom stereocenters. The lowest BCUT2D eigenvalue weighted by molar-refractivity contribution is -0.00691. The Morgan fingerprint density at radius 2 is 2.10 bits per heavy atom. The summed E-state index contributed by atoms with van der Waals surface area (Å²) in [5.41, 5.74) is 7.28. The first kappa shape index (κ1) is 16.3. The lowest BCUT2D eigenvalue weighted by atomic mass is 9.99. The van der Waals surface area contributed by atoms with E-state index in [4.69, 9.17) is 15.2 Å². The molecule has 1 heterocycles. The van der Waals surface area contributed by atoms with Crippen LogP contribution in [0.15, 0.2) is 24.3 Å². The molecule has 1 fully saturated rings. The van der Waals surface area contributed by atoms with Gasteiger partial charge >= 0.3 is 0 Å². The summed E-state index contributed by atoms with van der Waals surface area (Å²) in [6, 6.07) is 8.44. The van der Waals surface area contributed by atoms with Gasteiger partial charge in [0.25, 0.3) is 0 Å². The Bertz CT molecular complexity index is 423. The van der Waals surface area contributed by atoms with Crippen molar-refractivity contribution in [1.29, 1.82) is 0 Å². The first-order chi connectivity index (χ1) is 10.3. The largest absolute Gasteiger partial charge is 0.494 e. The molecule has 0 aliphatic carbocycles. The van der Waals surface area contributed by atoms with Gasteiger partial charge in [0.2, 0.25) is 0 Å². The quantitative estimate of drug-likeness (QED) is 0.839. The second kappa shape index (κ2) is 8.37. The minimum Gasteiger partial charge on any atom is -0.494 e. The number of nitrogens with zero attached hydrogens (tertiary/aromatic N) is 1. The summed E-state index contributed by atoms with van der Waals surface area (Å²) in [6.45, 7) is 8.16. The van der Waals surface area contributed by atoms with Crippen molar-refractivity contribution in [3.8, 4) is 5.75 Å². The Morgan fingerprint density at radius 1 is 1.29 bits per heavy atom. The second-order valence-electron chi connectivity index (χ2n) is 5.44. The zero-order chi connectivity index (χ0) is 15.1. The van der Waals surface area contributed by atoms with Crippen molar-refractivity contribution in [3.05, 3.63) is 29.8 Å². The van der Waals surface area contributed by atoms with Gasteiger partial charge in [-0.3, -0.25) is 4.90 Å². The van der Waals surface area contributed by atoms with Gasteiger partial charge in [0, 0.05) is 25.3 Å². The fourth-order valence-corrected chi connectivity index (χ4v) is 3.14. The van der Waals surface area contributed by atoms with Crippen LogP contribution < -0.4 is 10.5 Å². The van der Waals surface area contributed by atoms with Crippen molar-refractivity contribution < 1.29 is 9.47 Å². The summed E-state index contributed by atoms with van der Waals surface area (Å²) in [7, 11) is 0. The molecule has 4 nitrogen and oxygen atoms in total. The Kier molecular flexibility index (Phi) is 6.49. The number of hydrogen-bond acceptors (Lipinski definition) is 4. The fraction of sp³-hybridized carbons (Fsp3) is 0.647. The van der Waals surface area contributed by atoms with E-state index in [2.05, 4.69) is 24.0 Å². The highest BCUT2D eigenvalue weighted by Gasteiger charge is 2.27. The van der Waals surface area contributed by atoms with E-state index in [1.54, 1.807) is 0 Å². The Labute approximate surface area is 128 Å². The van der Waals surface area contributed by atoms with Crippen LogP contribution in [0.5, 0.6) is 5.75 Å². The SMILES string of the molecule is CCOc1ccccc1C(CN)N1CCCC(OCC)C1. The molecule has 0 amide bonds. The van der Waals surface area contributed by atoms with Crippen LogP contribution in [0.1, 0.15) is 38.3 Å². The Balaban J connectivity index is 2.15. The summed E-state index contributed by atoms with van der Waals surface area (Å²) in [5, 5.41) is 0. The lowest BCUT2D eigenvalue weighted by Gasteiger charge is -2.38. The average molecular weight is 292 g/mol. The molecule has 1 saturated heterocycles. The predicted molar refractivity (Wildman–Crippen MR) is 85.6 cm³/mol. The fourth-order valence-electron chi connectivity index (χ4n) is 3.14. The highest BCUT2D eigenvalue weighted by molar-refractivity contribution is 5.36. The van der Waals surface area contributed by atoms with Crippen molar-refractivity contribution in [2.75, 3.05) is 32.8 Å². The van der Waals surface area contributed by atoms with Crippen LogP contribution in [0, 0.1) is 0 Å². The number of nitrogens with two attached hydrogens (primary N) is 1. The first-order valence-corrected chi connectivity index (χ1v) is 8.07. The van der Waals surface area contributed by atoms with Gasteiger partial charge in [-0.25, -0.2) is 0 Å². The zero-order valence-electron chi connectivity index (χ0n) is 13.3. The predicted octanol–water partition coefficient (Wildman–Crippen LogP) is 2.59. The molecule has 1 aliphatic rings. The van der Waals surface area contributed by atoms with Crippen LogP contribution in [-0.2, 0) is 4.74 Å². The van der Waals surface area contributed by atoms with Gasteiger partial charge in [-0.15, -0.1) is 0 Å². The van der Waals surface area contributed by atoms with Crippen LogP contribution in [0.3, 0.4) is 0 Å². The first-order valence-electron chi connectivity index (χ1n) is 8.07. The number of benzene rings is 1. The summed E-state index contributed by atoms with van der Waals surface area (Å²) in [4.78, 5) is 2.45. The second-order valence-corrected chi connectivity index (χ2v) is 5.44. The molecule has 1 aromatic rings. The molecule has 2 N–H and O–H groups in total. The molecule has 118 valence electrons. The smallest absolute Gasteiger partial charge is 0.124 e. The van der Waals surface area contributed by atoms with Gasteiger partial charge < -0.3 is 15.2 Å². The Hall–Kier alpha value is -1.10. The standard InChI is InChI=1S/C17H28N2O2/c1-3-20-14-8-7-11-19(13-14)16(12-18)15-9-5-6-10-17(15)21-4-2/h5-6,9-10,14,16H,3-4,7-8,11-13,18H2,1-2H3. The normalized spacial score (nSPS) is 21.2. The molecule has 0 bridgehead atoms. The third-order valence-electron chi connectivity index (χ3n) is 4.05. The summed E-state index contributed by atoms with van der Waals surface area (Å²) in [6.07, 6.45) is 2.64. The Morgan fingerprint density at radius 3 is 2.81 bits per heavy atom. The number of piperidine rings is 1. The van der Waals surface area contributed by atoms with Crippen molar-refractivity contribution in [1.82, 2.24) is 4.90 Å². The summed E-state index contributed by atoms with van der Waals surface area (Å²) in [5.74, 6) is 0.953. The molecule has 0 aromatic heterocycles. The van der Waals surface area contributed by atoms with Crippen molar-refractivity contribution in [2.24, 2.45) is 5.73 Å². The van der Waals surface area contributed by atoms with Gasteiger partial charge in [-0.05, 0) is 39.3 Å². The van der Waals surface area contributed by atoms with E-state index in [9.17, 15) is 0 Å². The number of likely N-dealkylation sites (tertiary alicyclic amines) is 1. The molecular weight excluding hydrogens is 264 g/mol. The average Bonchev–Trinajstić information content (AvgIpc) is 2.51. The zero-order valence-corrected chi connectivity index (χ0v) is 13.3. The van der Waals surface area contributed by atoms with Gasteiger partial charge in [0.15, 0.2) is 0 Å². The third kappa shape index (κ3) is 4.19. The molecule has 0 spiro atoms. The topological polar surface area (TPSA) is 47.7 Å². The van der Waals surface area contributed by atoms with Crippen LogP contribution in [0.25, 0.3) is 0 Å². The number of rotatable bonds is 7. The maximum absolute atomic E-state index is 6.08. The highest BCUT2D eigenvalue weighted by atomic mass is 16.5. The van der Waals surface area contributed by atoms with E-state index in [-0.39, 0.29) is 6.04 Å². The van der Waals surface area contributed by atoms with E-state index >= 15 is 0 Å². The van der Waals surface area contributed by atoms with E-state index in [0.717, 1.165) is 38.3 Å². The molecule has 0 saturated carbocycles. The minimum absolute atomic E-state index is 0.205. The molecule has 1 aromatic carbocycles. The lowest BCUT2D eigenvalue weighted by Crippen LogP contribution is -2.44. The van der Waals surface area contributed by atoms with Crippen LogP contribution in [0.2, 0.25) is 0 Å². The third-order valence-corrected chi connectivity index (χ3v) is 4.05. The monoisotopic (exact) mass is 292 g/mol. The molecule has 21 heavy (non-hydrogen) atoms. The molecule has 1 aliphatic heterocycles. The van der Waals surface area contributed by atoms with Crippen LogP contribution in [0.4, 0.5) is 0 Å². The number of ether oxygens (including phenoxy) is 2. The van der Waals surface area contributed by atoms with E-state index in [0.29, 0.717) is 19.3 Å². The molecule has 2 unspecified atom stereocenters. The molecule has 0 radical (unpaired) electrons. The van der Waals surface area contributed by atoms with Crippen molar-refractivity contribution >= 4 is 0 Å². The minimum atomic E-state index is 0.205. The van der Waals surface area contributed by atoms with Crippen molar-refractivity contribution in [2.45, 2.75) is 38.8 Å². The van der Waals surface area contributed by atoms with E-state index < -0.39 is 0 Å². The molecule has 2 rings (SSSR count). The van der Waals surface area contributed by atoms with E-state index in [1.165, 1.54) is 5.56 Å². The summed E-state index contributed by atoms with van der Waals surface area (Å²) < 4.78 is 11.6. The maximum atomic E-state index is 6.08. The van der Waals surface area contributed by atoms with E-state index in [1.807, 2.05) is 19.1 Å². The van der Waals surface area contributed by atoms with Crippen LogP contribution in [-0.4, -0.2) is 43.9 Å². The van der Waals surface area contributed by atoms with Gasteiger partial charge in [-0.1, -0.05) is 18.2 Å².